The fourth-order valence-corrected chi connectivity index (χ4v) is 2.88. The van der Waals surface area contributed by atoms with E-state index in [1.807, 2.05) is 0 Å². The maximum absolute atomic E-state index is 12.0. The summed E-state index contributed by atoms with van der Waals surface area (Å²) in [5.41, 5.74) is 0. The smallest absolute Gasteiger partial charge is 0.303 e. The average molecular weight is 284 g/mol. The second kappa shape index (κ2) is 7.59. The molecule has 0 spiro atoms. The lowest BCUT2D eigenvalue weighted by Gasteiger charge is -2.32. The van der Waals surface area contributed by atoms with Crippen LogP contribution in [0.25, 0.3) is 0 Å². The van der Waals surface area contributed by atoms with Crippen molar-refractivity contribution in [2.75, 3.05) is 32.8 Å². The van der Waals surface area contributed by atoms with Gasteiger partial charge in [0.15, 0.2) is 0 Å². The summed E-state index contributed by atoms with van der Waals surface area (Å²) in [6, 6.07) is 0. The summed E-state index contributed by atoms with van der Waals surface area (Å²) in [6.45, 7) is 3.39. The highest BCUT2D eigenvalue weighted by Gasteiger charge is 2.25. The molecule has 2 fully saturated rings. The summed E-state index contributed by atoms with van der Waals surface area (Å²) in [4.78, 5) is 24.5. The third-order valence-electron chi connectivity index (χ3n) is 4.16. The van der Waals surface area contributed by atoms with Crippen molar-refractivity contribution in [2.24, 2.45) is 5.92 Å². The van der Waals surface area contributed by atoms with Crippen molar-refractivity contribution in [3.8, 4) is 0 Å². The van der Waals surface area contributed by atoms with Gasteiger partial charge in [-0.05, 0) is 44.7 Å². The molecular weight excluding hydrogens is 260 g/mol. The van der Waals surface area contributed by atoms with Crippen molar-refractivity contribution in [2.45, 2.75) is 38.2 Å². The number of carboxylic acids is 1. The molecule has 2 N–H and O–H groups in total. The quantitative estimate of drug-likeness (QED) is 0.767. The van der Waals surface area contributed by atoms with Crippen LogP contribution in [0.1, 0.15) is 32.1 Å². The molecule has 6 heteroatoms. The Morgan fingerprint density at radius 3 is 2.40 bits per heavy atom. The van der Waals surface area contributed by atoms with Crippen LogP contribution in [0, 0.1) is 5.92 Å². The van der Waals surface area contributed by atoms with Gasteiger partial charge in [-0.2, -0.15) is 0 Å². The molecule has 2 aliphatic rings. The van der Waals surface area contributed by atoms with Crippen LogP contribution in [-0.4, -0.2) is 60.8 Å². The van der Waals surface area contributed by atoms with E-state index in [1.54, 1.807) is 4.90 Å². The number of nitrogens with one attached hydrogen (secondary N) is 1. The van der Waals surface area contributed by atoms with E-state index in [2.05, 4.69) is 5.32 Å². The van der Waals surface area contributed by atoms with E-state index < -0.39 is 5.97 Å². The van der Waals surface area contributed by atoms with Crippen LogP contribution in [0.3, 0.4) is 0 Å². The fourth-order valence-electron chi connectivity index (χ4n) is 2.88. The highest BCUT2D eigenvalue weighted by atomic mass is 16.5. The van der Waals surface area contributed by atoms with Crippen LogP contribution in [0.5, 0.6) is 0 Å². The third kappa shape index (κ3) is 4.76. The molecule has 0 aromatic carbocycles. The van der Waals surface area contributed by atoms with E-state index in [-0.39, 0.29) is 31.0 Å². The lowest BCUT2D eigenvalue weighted by molar-refractivity contribution is -0.141. The predicted octanol–water partition coefficient (Wildman–Crippen LogP) is 0.468. The van der Waals surface area contributed by atoms with E-state index >= 15 is 0 Å². The normalized spacial score (nSPS) is 21.9. The molecule has 0 saturated carbocycles. The van der Waals surface area contributed by atoms with Gasteiger partial charge in [0, 0.05) is 19.5 Å². The molecule has 0 aliphatic carbocycles. The lowest BCUT2D eigenvalue weighted by Crippen LogP contribution is -2.42. The van der Waals surface area contributed by atoms with Crippen molar-refractivity contribution < 1.29 is 19.4 Å². The van der Waals surface area contributed by atoms with Gasteiger partial charge in [0.25, 0.3) is 0 Å². The molecule has 0 aromatic rings. The van der Waals surface area contributed by atoms with Crippen molar-refractivity contribution >= 4 is 11.9 Å². The first-order valence-electron chi connectivity index (χ1n) is 7.47. The fraction of sp³-hybridized carbons (Fsp3) is 0.857. The number of rotatable bonds is 5. The van der Waals surface area contributed by atoms with Crippen molar-refractivity contribution in [3.05, 3.63) is 0 Å². The molecule has 2 rings (SSSR count). The van der Waals surface area contributed by atoms with Crippen LogP contribution >= 0.6 is 0 Å². The summed E-state index contributed by atoms with van der Waals surface area (Å²) in [6.07, 6.45) is 3.91. The standard InChI is InChI=1S/C14H24N2O4/c17-13(10-20-12-1-5-15-6-2-12)16-7-3-11(4-8-16)9-14(18)19/h11-12,15H,1-10H2,(H,18,19). The van der Waals surface area contributed by atoms with Crippen LogP contribution in [0.2, 0.25) is 0 Å². The van der Waals surface area contributed by atoms with Crippen LogP contribution < -0.4 is 5.32 Å². The van der Waals surface area contributed by atoms with Gasteiger partial charge in [0.1, 0.15) is 6.61 Å². The molecule has 0 aromatic heterocycles. The number of carboxylic acid groups (broad SMARTS) is 1. The maximum Gasteiger partial charge on any atom is 0.303 e. The van der Waals surface area contributed by atoms with E-state index in [9.17, 15) is 9.59 Å². The summed E-state index contributed by atoms with van der Waals surface area (Å²) < 4.78 is 5.66. The molecule has 2 saturated heterocycles. The highest BCUT2D eigenvalue weighted by Crippen LogP contribution is 2.20. The SMILES string of the molecule is O=C(O)CC1CCN(C(=O)COC2CCNCC2)CC1. The monoisotopic (exact) mass is 284 g/mol. The van der Waals surface area contributed by atoms with Gasteiger partial charge >= 0.3 is 5.97 Å². The molecule has 0 unspecified atom stereocenters. The number of likely N-dealkylation sites (tertiary alicyclic amines) is 1. The minimum atomic E-state index is -0.746. The van der Waals surface area contributed by atoms with Gasteiger partial charge in [-0.1, -0.05) is 0 Å². The van der Waals surface area contributed by atoms with Crippen LogP contribution in [0.4, 0.5) is 0 Å². The van der Waals surface area contributed by atoms with E-state index in [0.29, 0.717) is 13.1 Å². The summed E-state index contributed by atoms with van der Waals surface area (Å²) in [7, 11) is 0. The van der Waals surface area contributed by atoms with Gasteiger partial charge < -0.3 is 20.1 Å². The van der Waals surface area contributed by atoms with Crippen molar-refractivity contribution in [1.82, 2.24) is 10.2 Å². The first-order valence-corrected chi connectivity index (χ1v) is 7.47. The van der Waals surface area contributed by atoms with Gasteiger partial charge in [0.2, 0.25) is 5.91 Å². The molecule has 0 bridgehead atoms. The highest BCUT2D eigenvalue weighted by molar-refractivity contribution is 5.77. The number of carbonyl (C=O) groups is 2. The number of nitrogens with zero attached hydrogens (tertiary/aromatic N) is 1. The van der Waals surface area contributed by atoms with E-state index in [4.69, 9.17) is 9.84 Å². The summed E-state index contributed by atoms with van der Waals surface area (Å²) in [5, 5.41) is 12.0. The lowest BCUT2D eigenvalue weighted by atomic mass is 9.93. The Morgan fingerprint density at radius 2 is 1.80 bits per heavy atom. The Morgan fingerprint density at radius 1 is 1.15 bits per heavy atom. The molecule has 1 amide bonds. The van der Waals surface area contributed by atoms with Crippen LogP contribution in [-0.2, 0) is 14.3 Å². The van der Waals surface area contributed by atoms with Gasteiger partial charge in [-0.3, -0.25) is 9.59 Å². The Labute approximate surface area is 119 Å². The average Bonchev–Trinajstić information content (AvgIpc) is 2.46. The molecule has 114 valence electrons. The number of hydrogen-bond donors (Lipinski definition) is 2. The van der Waals surface area contributed by atoms with Gasteiger partial charge in [-0.25, -0.2) is 0 Å². The minimum absolute atomic E-state index is 0.0392. The van der Waals surface area contributed by atoms with Crippen molar-refractivity contribution in [1.29, 1.82) is 0 Å². The zero-order valence-corrected chi connectivity index (χ0v) is 11.8. The predicted molar refractivity (Wildman–Crippen MR) is 73.4 cm³/mol. The number of aliphatic carboxylic acids is 1. The number of amides is 1. The molecule has 20 heavy (non-hydrogen) atoms. The first-order chi connectivity index (χ1) is 9.65. The number of ether oxygens (including phenoxy) is 1. The Balaban J connectivity index is 1.65. The Kier molecular flexibility index (Phi) is 5.79. The molecular formula is C14H24N2O4. The number of carbonyl (C=O) groups excluding carboxylic acids is 1. The molecule has 2 heterocycles. The zero-order chi connectivity index (χ0) is 14.4. The maximum atomic E-state index is 12.0. The van der Waals surface area contributed by atoms with Gasteiger partial charge in [-0.15, -0.1) is 0 Å². The molecule has 0 atom stereocenters. The van der Waals surface area contributed by atoms with Gasteiger partial charge in [0.05, 0.1) is 6.10 Å². The zero-order valence-electron chi connectivity index (χ0n) is 11.8. The third-order valence-corrected chi connectivity index (χ3v) is 4.16. The number of hydrogen-bond acceptors (Lipinski definition) is 4. The topological polar surface area (TPSA) is 78.9 Å². The molecule has 6 nitrogen and oxygen atoms in total. The van der Waals surface area contributed by atoms with E-state index in [1.165, 1.54) is 0 Å². The largest absolute Gasteiger partial charge is 0.481 e. The number of piperidine rings is 2. The Bertz CT molecular complexity index is 334. The Hall–Kier alpha value is -1.14. The molecule has 0 radical (unpaired) electrons. The first kappa shape index (κ1) is 15.3. The van der Waals surface area contributed by atoms with Crippen molar-refractivity contribution in [3.63, 3.8) is 0 Å². The summed E-state index contributed by atoms with van der Waals surface area (Å²) >= 11 is 0. The minimum Gasteiger partial charge on any atom is -0.481 e. The second-order valence-corrected chi connectivity index (χ2v) is 5.68. The molecule has 2 aliphatic heterocycles. The van der Waals surface area contributed by atoms with E-state index in [0.717, 1.165) is 38.8 Å². The summed E-state index contributed by atoms with van der Waals surface area (Å²) in [5.74, 6) is -0.497. The second-order valence-electron chi connectivity index (χ2n) is 5.68. The van der Waals surface area contributed by atoms with Crippen LogP contribution in [0.15, 0.2) is 0 Å².